The van der Waals surface area contributed by atoms with Gasteiger partial charge in [-0.3, -0.25) is 23.5 Å². The van der Waals surface area contributed by atoms with E-state index in [9.17, 15) is 9.59 Å². The number of aliphatic imine (C=N–C) groups is 1. The largest absolute Gasteiger partial charge is 0.340 e. The summed E-state index contributed by atoms with van der Waals surface area (Å²) < 4.78 is 4.46. The summed E-state index contributed by atoms with van der Waals surface area (Å²) in [7, 11) is 1.64. The van der Waals surface area contributed by atoms with E-state index >= 15 is 0 Å². The van der Waals surface area contributed by atoms with Crippen LogP contribution in [0.25, 0.3) is 22.1 Å². The Bertz CT molecular complexity index is 2040. The molecule has 0 N–H and O–H groups in total. The molecule has 1 saturated heterocycles. The van der Waals surface area contributed by atoms with Crippen molar-refractivity contribution in [1.82, 2.24) is 28.7 Å². The van der Waals surface area contributed by atoms with Gasteiger partial charge in [0.05, 0.1) is 24.6 Å². The van der Waals surface area contributed by atoms with E-state index in [2.05, 4.69) is 57.9 Å². The van der Waals surface area contributed by atoms with Crippen LogP contribution in [0.5, 0.6) is 0 Å². The second kappa shape index (κ2) is 11.7. The van der Waals surface area contributed by atoms with Crippen LogP contribution >= 0.6 is 0 Å². The first-order chi connectivity index (χ1) is 20.8. The molecule has 10 heteroatoms. The SMILES string of the molecule is CC#CCn1c(N2CCC[C@@H](N=Cc3ccc(C)cc3)C2)nc2c1c(=O)n(Cc1nc(C)c3ccccc3n1)c(=O)n2C. The number of aryl methyl sites for hydroxylation is 3. The standard InChI is InChI=1S/C33H34N8O2/c1-5-6-18-40-29-30(37-32(40)39-17-9-10-25(20-39)34-19-24-15-13-22(2)14-16-24)38(4)33(43)41(31(29)42)21-28-35-23(3)26-11-7-8-12-27(26)36-28/h7-8,11-16,19,25H,9-10,17-18,20-21H2,1-4H3/t25-/m1/s1. The highest BCUT2D eigenvalue weighted by atomic mass is 16.2. The lowest BCUT2D eigenvalue weighted by Crippen LogP contribution is -2.40. The number of rotatable bonds is 6. The summed E-state index contributed by atoms with van der Waals surface area (Å²) in [5, 5.41) is 0.936. The lowest BCUT2D eigenvalue weighted by atomic mass is 10.1. The molecule has 0 saturated carbocycles. The van der Waals surface area contributed by atoms with Crippen molar-refractivity contribution in [2.24, 2.45) is 12.0 Å². The summed E-state index contributed by atoms with van der Waals surface area (Å²) in [6.07, 6.45) is 3.82. The minimum atomic E-state index is -0.469. The molecule has 2 aromatic carbocycles. The summed E-state index contributed by atoms with van der Waals surface area (Å²) in [6, 6.07) is 16.1. The highest BCUT2D eigenvalue weighted by Crippen LogP contribution is 2.24. The van der Waals surface area contributed by atoms with E-state index in [0.717, 1.165) is 41.5 Å². The minimum Gasteiger partial charge on any atom is -0.340 e. The van der Waals surface area contributed by atoms with Crippen LogP contribution in [0.2, 0.25) is 0 Å². The van der Waals surface area contributed by atoms with Gasteiger partial charge in [0.1, 0.15) is 5.82 Å². The van der Waals surface area contributed by atoms with Gasteiger partial charge in [-0.2, -0.15) is 4.98 Å². The Kier molecular flexibility index (Phi) is 7.63. The molecule has 218 valence electrons. The van der Waals surface area contributed by atoms with Crippen LogP contribution in [-0.2, 0) is 20.1 Å². The van der Waals surface area contributed by atoms with E-state index in [4.69, 9.17) is 9.98 Å². The molecule has 6 rings (SSSR count). The number of fused-ring (bicyclic) bond motifs is 2. The average Bonchev–Trinajstić information content (AvgIpc) is 3.41. The van der Waals surface area contributed by atoms with Crippen LogP contribution in [-0.4, -0.2) is 54.0 Å². The molecule has 0 radical (unpaired) electrons. The molecule has 1 aliphatic heterocycles. The first kappa shape index (κ1) is 28.1. The van der Waals surface area contributed by atoms with Gasteiger partial charge in [-0.1, -0.05) is 53.9 Å². The molecule has 1 aliphatic rings. The minimum absolute atomic E-state index is 0.0490. The third-order valence-corrected chi connectivity index (χ3v) is 7.96. The molecule has 1 fully saturated rings. The normalized spacial score (nSPS) is 15.3. The zero-order chi connectivity index (χ0) is 30.1. The highest BCUT2D eigenvalue weighted by Gasteiger charge is 2.27. The zero-order valence-corrected chi connectivity index (χ0v) is 24.9. The van der Waals surface area contributed by atoms with E-state index in [-0.39, 0.29) is 19.1 Å². The number of anilines is 1. The third kappa shape index (κ3) is 5.46. The van der Waals surface area contributed by atoms with Crippen molar-refractivity contribution < 1.29 is 0 Å². The highest BCUT2D eigenvalue weighted by molar-refractivity contribution is 5.81. The van der Waals surface area contributed by atoms with Gasteiger partial charge in [-0.25, -0.2) is 14.8 Å². The number of para-hydroxylation sites is 1. The fraction of sp³-hybridized carbons (Fsp3) is 0.333. The molecule has 0 aliphatic carbocycles. The number of nitrogens with zero attached hydrogens (tertiary/aromatic N) is 8. The first-order valence-corrected chi connectivity index (χ1v) is 14.5. The van der Waals surface area contributed by atoms with Crippen molar-refractivity contribution in [3.8, 4) is 11.8 Å². The monoisotopic (exact) mass is 574 g/mol. The number of aromatic nitrogens is 6. The maximum absolute atomic E-state index is 14.0. The average molecular weight is 575 g/mol. The molecule has 0 unspecified atom stereocenters. The molecule has 0 bridgehead atoms. The Morgan fingerprint density at radius 3 is 2.60 bits per heavy atom. The number of hydrogen-bond acceptors (Lipinski definition) is 7. The van der Waals surface area contributed by atoms with Gasteiger partial charge in [0.15, 0.2) is 11.2 Å². The number of imidazole rings is 1. The molecule has 3 aromatic heterocycles. The lowest BCUT2D eigenvalue weighted by Gasteiger charge is -2.31. The van der Waals surface area contributed by atoms with E-state index in [0.29, 0.717) is 29.5 Å². The van der Waals surface area contributed by atoms with Crippen molar-refractivity contribution in [3.63, 3.8) is 0 Å². The predicted molar refractivity (Wildman–Crippen MR) is 170 cm³/mol. The molecular formula is C33H34N8O2. The van der Waals surface area contributed by atoms with Gasteiger partial charge in [0, 0.05) is 37.4 Å². The zero-order valence-electron chi connectivity index (χ0n) is 24.9. The quantitative estimate of drug-likeness (QED) is 0.227. The summed E-state index contributed by atoms with van der Waals surface area (Å²) in [6.45, 7) is 7.38. The summed E-state index contributed by atoms with van der Waals surface area (Å²) >= 11 is 0. The van der Waals surface area contributed by atoms with Gasteiger partial charge in [0.2, 0.25) is 5.95 Å². The van der Waals surface area contributed by atoms with Crippen LogP contribution in [0.3, 0.4) is 0 Å². The fourth-order valence-corrected chi connectivity index (χ4v) is 5.66. The molecule has 43 heavy (non-hydrogen) atoms. The van der Waals surface area contributed by atoms with E-state index in [1.165, 1.54) is 14.7 Å². The Morgan fingerprint density at radius 1 is 1.02 bits per heavy atom. The van der Waals surface area contributed by atoms with Crippen LogP contribution in [0.15, 0.2) is 63.1 Å². The second-order valence-corrected chi connectivity index (χ2v) is 11.0. The van der Waals surface area contributed by atoms with Crippen molar-refractivity contribution in [1.29, 1.82) is 0 Å². The second-order valence-electron chi connectivity index (χ2n) is 11.0. The van der Waals surface area contributed by atoms with Gasteiger partial charge in [0.25, 0.3) is 5.56 Å². The molecule has 10 nitrogen and oxygen atoms in total. The predicted octanol–water partition coefficient (Wildman–Crippen LogP) is 3.62. The molecule has 0 spiro atoms. The molecule has 0 amide bonds. The topological polar surface area (TPSA) is 103 Å². The van der Waals surface area contributed by atoms with E-state index in [1.807, 2.05) is 42.0 Å². The van der Waals surface area contributed by atoms with E-state index < -0.39 is 11.2 Å². The van der Waals surface area contributed by atoms with Crippen LogP contribution in [0, 0.1) is 25.7 Å². The van der Waals surface area contributed by atoms with Gasteiger partial charge < -0.3 is 4.90 Å². The van der Waals surface area contributed by atoms with Crippen LogP contribution in [0.1, 0.15) is 42.4 Å². The maximum Gasteiger partial charge on any atom is 0.332 e. The fourth-order valence-electron chi connectivity index (χ4n) is 5.66. The Labute approximate surface area is 249 Å². The third-order valence-electron chi connectivity index (χ3n) is 7.96. The smallest absolute Gasteiger partial charge is 0.332 e. The van der Waals surface area contributed by atoms with Crippen molar-refractivity contribution in [2.75, 3.05) is 18.0 Å². The summed E-state index contributed by atoms with van der Waals surface area (Å²) in [4.78, 5) is 48.7. The number of piperidine rings is 1. The van der Waals surface area contributed by atoms with Crippen molar-refractivity contribution in [2.45, 2.75) is 52.7 Å². The van der Waals surface area contributed by atoms with Gasteiger partial charge >= 0.3 is 5.69 Å². The first-order valence-electron chi connectivity index (χ1n) is 14.5. The molecule has 1 atom stereocenters. The van der Waals surface area contributed by atoms with Crippen molar-refractivity contribution >= 4 is 34.2 Å². The van der Waals surface area contributed by atoms with Crippen molar-refractivity contribution in [3.05, 3.63) is 92.0 Å². The summed E-state index contributed by atoms with van der Waals surface area (Å²) in [5.74, 6) is 7.06. The summed E-state index contributed by atoms with van der Waals surface area (Å²) in [5.41, 5.74) is 3.60. The Hall–Kier alpha value is -5.04. The Balaban J connectivity index is 1.40. The Morgan fingerprint density at radius 2 is 1.81 bits per heavy atom. The van der Waals surface area contributed by atoms with Gasteiger partial charge in [-0.15, -0.1) is 5.92 Å². The number of hydrogen-bond donors (Lipinski definition) is 0. The number of benzene rings is 2. The molecular weight excluding hydrogens is 540 g/mol. The lowest BCUT2D eigenvalue weighted by molar-refractivity contribution is 0.499. The molecule has 4 heterocycles. The molecule has 5 aromatic rings. The van der Waals surface area contributed by atoms with Crippen LogP contribution < -0.4 is 16.1 Å². The van der Waals surface area contributed by atoms with Gasteiger partial charge in [-0.05, 0) is 45.2 Å². The maximum atomic E-state index is 14.0. The van der Waals surface area contributed by atoms with Crippen LogP contribution in [0.4, 0.5) is 5.95 Å². The van der Waals surface area contributed by atoms with E-state index in [1.54, 1.807) is 14.0 Å².